The van der Waals surface area contributed by atoms with E-state index in [1.165, 1.54) is 5.56 Å². The van der Waals surface area contributed by atoms with Gasteiger partial charge in [-0.25, -0.2) is 0 Å². The zero-order valence-corrected chi connectivity index (χ0v) is 13.1. The molecule has 0 saturated carbocycles. The van der Waals surface area contributed by atoms with Crippen molar-refractivity contribution in [2.45, 2.75) is 20.3 Å². The largest absolute Gasteiger partial charge is 0.332 e. The number of hydrogen-bond acceptors (Lipinski definition) is 1. The van der Waals surface area contributed by atoms with Crippen molar-refractivity contribution in [2.24, 2.45) is 0 Å². The molecule has 0 aliphatic rings. The SMILES string of the molecule is CCc1ccccc1NC(=S)Nc1ccc(C)c(Cl)c1. The molecule has 0 spiro atoms. The van der Waals surface area contributed by atoms with Gasteiger partial charge in [0, 0.05) is 16.4 Å². The molecule has 0 aliphatic carbocycles. The van der Waals surface area contributed by atoms with Crippen molar-refractivity contribution in [2.75, 3.05) is 10.6 Å². The third kappa shape index (κ3) is 3.71. The van der Waals surface area contributed by atoms with Gasteiger partial charge in [0.2, 0.25) is 0 Å². The summed E-state index contributed by atoms with van der Waals surface area (Å²) in [6.07, 6.45) is 0.960. The third-order valence-electron chi connectivity index (χ3n) is 3.08. The van der Waals surface area contributed by atoms with Crippen LogP contribution in [0.15, 0.2) is 42.5 Å². The molecule has 2 aromatic rings. The minimum absolute atomic E-state index is 0.561. The van der Waals surface area contributed by atoms with E-state index in [9.17, 15) is 0 Å². The maximum absolute atomic E-state index is 6.10. The predicted molar refractivity (Wildman–Crippen MR) is 91.9 cm³/mol. The van der Waals surface area contributed by atoms with E-state index >= 15 is 0 Å². The molecule has 2 aromatic carbocycles. The maximum Gasteiger partial charge on any atom is 0.175 e. The lowest BCUT2D eigenvalue weighted by Gasteiger charge is -2.13. The van der Waals surface area contributed by atoms with Crippen LogP contribution in [0.3, 0.4) is 0 Å². The van der Waals surface area contributed by atoms with Crippen LogP contribution in [-0.4, -0.2) is 5.11 Å². The Balaban J connectivity index is 2.07. The lowest BCUT2D eigenvalue weighted by molar-refractivity contribution is 1.14. The summed E-state index contributed by atoms with van der Waals surface area (Å²) < 4.78 is 0. The van der Waals surface area contributed by atoms with Crippen molar-refractivity contribution >= 4 is 40.3 Å². The Morgan fingerprint density at radius 2 is 1.90 bits per heavy atom. The molecule has 2 N–H and O–H groups in total. The van der Waals surface area contributed by atoms with Crippen LogP contribution in [0.2, 0.25) is 5.02 Å². The van der Waals surface area contributed by atoms with Gasteiger partial charge in [-0.15, -0.1) is 0 Å². The summed E-state index contributed by atoms with van der Waals surface area (Å²) in [6.45, 7) is 4.09. The van der Waals surface area contributed by atoms with Gasteiger partial charge in [-0.1, -0.05) is 42.8 Å². The maximum atomic E-state index is 6.10. The van der Waals surface area contributed by atoms with Crippen molar-refractivity contribution < 1.29 is 0 Å². The van der Waals surface area contributed by atoms with Gasteiger partial charge in [0.25, 0.3) is 0 Å². The fourth-order valence-electron chi connectivity index (χ4n) is 1.91. The average molecular weight is 305 g/mol. The second-order valence-corrected chi connectivity index (χ2v) is 5.37. The Hall–Kier alpha value is -1.58. The highest BCUT2D eigenvalue weighted by Gasteiger charge is 2.04. The molecule has 2 nitrogen and oxygen atoms in total. The van der Waals surface area contributed by atoms with Gasteiger partial charge in [-0.2, -0.15) is 0 Å². The number of rotatable bonds is 3. The van der Waals surface area contributed by atoms with E-state index in [4.69, 9.17) is 23.8 Å². The Kier molecular flexibility index (Phi) is 4.99. The van der Waals surface area contributed by atoms with Crippen molar-refractivity contribution in [3.8, 4) is 0 Å². The number of nitrogens with one attached hydrogen (secondary N) is 2. The first-order valence-corrected chi connectivity index (χ1v) is 7.31. The predicted octanol–water partition coefficient (Wildman–Crippen LogP) is 5.02. The zero-order valence-electron chi connectivity index (χ0n) is 11.5. The average Bonchev–Trinajstić information content (AvgIpc) is 2.43. The van der Waals surface area contributed by atoms with Crippen LogP contribution >= 0.6 is 23.8 Å². The first-order valence-electron chi connectivity index (χ1n) is 6.52. The zero-order chi connectivity index (χ0) is 14.5. The van der Waals surface area contributed by atoms with E-state index in [-0.39, 0.29) is 0 Å². The van der Waals surface area contributed by atoms with E-state index in [0.29, 0.717) is 5.11 Å². The van der Waals surface area contributed by atoms with Gasteiger partial charge in [0.1, 0.15) is 0 Å². The summed E-state index contributed by atoms with van der Waals surface area (Å²) in [4.78, 5) is 0. The van der Waals surface area contributed by atoms with E-state index in [0.717, 1.165) is 28.4 Å². The van der Waals surface area contributed by atoms with E-state index in [1.807, 2.05) is 43.3 Å². The molecular formula is C16H17ClN2S. The van der Waals surface area contributed by atoms with Crippen LogP contribution in [0.4, 0.5) is 11.4 Å². The van der Waals surface area contributed by atoms with Gasteiger partial charge in [0.05, 0.1) is 0 Å². The highest BCUT2D eigenvalue weighted by atomic mass is 35.5. The standard InChI is InChI=1S/C16H17ClN2S/c1-3-12-6-4-5-7-15(12)19-16(20)18-13-9-8-11(2)14(17)10-13/h4-10H,3H2,1-2H3,(H2,18,19,20). The molecule has 0 heterocycles. The Labute approximate surface area is 130 Å². The van der Waals surface area contributed by atoms with Crippen molar-refractivity contribution in [1.29, 1.82) is 0 Å². The number of benzene rings is 2. The quantitative estimate of drug-likeness (QED) is 0.779. The second kappa shape index (κ2) is 6.73. The van der Waals surface area contributed by atoms with E-state index in [1.54, 1.807) is 0 Å². The Morgan fingerprint density at radius 3 is 2.60 bits per heavy atom. The van der Waals surface area contributed by atoms with Crippen LogP contribution in [0, 0.1) is 6.92 Å². The summed E-state index contributed by atoms with van der Waals surface area (Å²) >= 11 is 11.4. The summed E-state index contributed by atoms with van der Waals surface area (Å²) in [5, 5.41) is 7.66. The smallest absolute Gasteiger partial charge is 0.175 e. The van der Waals surface area contributed by atoms with Crippen LogP contribution in [-0.2, 0) is 6.42 Å². The lowest BCUT2D eigenvalue weighted by atomic mass is 10.1. The molecule has 20 heavy (non-hydrogen) atoms. The molecular weight excluding hydrogens is 288 g/mol. The monoisotopic (exact) mass is 304 g/mol. The van der Waals surface area contributed by atoms with Crippen LogP contribution in [0.25, 0.3) is 0 Å². The van der Waals surface area contributed by atoms with Crippen LogP contribution in [0.5, 0.6) is 0 Å². The molecule has 0 radical (unpaired) electrons. The molecule has 2 rings (SSSR count). The fraction of sp³-hybridized carbons (Fsp3) is 0.188. The summed E-state index contributed by atoms with van der Waals surface area (Å²) in [6, 6.07) is 13.9. The number of halogens is 1. The normalized spacial score (nSPS) is 10.2. The molecule has 0 saturated heterocycles. The van der Waals surface area contributed by atoms with Gasteiger partial charge >= 0.3 is 0 Å². The van der Waals surface area contributed by atoms with Crippen molar-refractivity contribution in [3.63, 3.8) is 0 Å². The van der Waals surface area contributed by atoms with Crippen LogP contribution in [0.1, 0.15) is 18.1 Å². The first kappa shape index (κ1) is 14.8. The van der Waals surface area contributed by atoms with Crippen LogP contribution < -0.4 is 10.6 Å². The number of thiocarbonyl (C=S) groups is 1. The number of hydrogen-bond donors (Lipinski definition) is 2. The summed E-state index contributed by atoms with van der Waals surface area (Å²) in [7, 11) is 0. The molecule has 0 aromatic heterocycles. The molecule has 0 bridgehead atoms. The van der Waals surface area contributed by atoms with E-state index < -0.39 is 0 Å². The first-order chi connectivity index (χ1) is 9.60. The highest BCUT2D eigenvalue weighted by Crippen LogP contribution is 2.21. The lowest BCUT2D eigenvalue weighted by Crippen LogP contribution is -2.19. The second-order valence-electron chi connectivity index (χ2n) is 4.55. The minimum Gasteiger partial charge on any atom is -0.332 e. The van der Waals surface area contributed by atoms with Crippen molar-refractivity contribution in [3.05, 3.63) is 58.6 Å². The molecule has 0 aliphatic heterocycles. The number of anilines is 2. The number of aryl methyl sites for hydroxylation is 2. The van der Waals surface area contributed by atoms with Gasteiger partial charge in [0.15, 0.2) is 5.11 Å². The van der Waals surface area contributed by atoms with E-state index in [2.05, 4.69) is 23.6 Å². The van der Waals surface area contributed by atoms with Gasteiger partial charge in [-0.3, -0.25) is 0 Å². The van der Waals surface area contributed by atoms with Gasteiger partial charge < -0.3 is 10.6 Å². The highest BCUT2D eigenvalue weighted by molar-refractivity contribution is 7.80. The molecule has 104 valence electrons. The molecule has 4 heteroatoms. The molecule has 0 unspecified atom stereocenters. The molecule has 0 fully saturated rings. The summed E-state index contributed by atoms with van der Waals surface area (Å²) in [5.74, 6) is 0. The Morgan fingerprint density at radius 1 is 1.15 bits per heavy atom. The number of para-hydroxylation sites is 1. The van der Waals surface area contributed by atoms with Gasteiger partial charge in [-0.05, 0) is 54.9 Å². The fourth-order valence-corrected chi connectivity index (χ4v) is 2.31. The molecule has 0 amide bonds. The summed E-state index contributed by atoms with van der Waals surface area (Å²) in [5.41, 5.74) is 4.20. The third-order valence-corrected chi connectivity index (χ3v) is 3.69. The minimum atomic E-state index is 0.561. The van der Waals surface area contributed by atoms with Crippen molar-refractivity contribution in [1.82, 2.24) is 0 Å². The molecule has 0 atom stereocenters. The topological polar surface area (TPSA) is 24.1 Å². The Bertz CT molecular complexity index is 626.